The quantitative estimate of drug-likeness (QED) is 0.861. The maximum Gasteiger partial charge on any atom is 0.303 e. The van der Waals surface area contributed by atoms with Gasteiger partial charge >= 0.3 is 11.9 Å². The second-order valence-electron chi connectivity index (χ2n) is 5.10. The summed E-state index contributed by atoms with van der Waals surface area (Å²) in [6.45, 7) is 4.22. The number of rotatable bonds is 5. The number of hydrogen-bond donors (Lipinski definition) is 2. The minimum atomic E-state index is -1.08. The van der Waals surface area contributed by atoms with E-state index in [-0.39, 0.29) is 12.8 Å². The average molecular weight is 338 g/mol. The zero-order valence-electron chi connectivity index (χ0n) is 13.4. The molecule has 0 radical (unpaired) electrons. The number of thiophene rings is 1. The number of carboxylic acid groups (broad SMARTS) is 2. The first kappa shape index (κ1) is 18.9. The van der Waals surface area contributed by atoms with E-state index in [0.717, 1.165) is 18.9 Å². The molecule has 126 valence electrons. The highest BCUT2D eigenvalue weighted by atomic mass is 32.1. The molecule has 2 heterocycles. The maximum atomic E-state index is 9.64. The van der Waals surface area contributed by atoms with E-state index in [4.69, 9.17) is 10.2 Å². The Hall–Kier alpha value is -2.15. The van der Waals surface area contributed by atoms with E-state index < -0.39 is 11.9 Å². The van der Waals surface area contributed by atoms with Gasteiger partial charge in [0.05, 0.1) is 12.8 Å². The molecular weight excluding hydrogens is 316 g/mol. The molecule has 0 aromatic carbocycles. The van der Waals surface area contributed by atoms with Crippen LogP contribution in [-0.2, 0) is 9.59 Å². The Morgan fingerprint density at radius 2 is 1.96 bits per heavy atom. The van der Waals surface area contributed by atoms with E-state index in [1.54, 1.807) is 11.3 Å². The SMILES string of the molecule is Cc1ccsc1C=CC1=NCCCN1C.O=C(O)CCC(=O)O. The van der Waals surface area contributed by atoms with E-state index >= 15 is 0 Å². The maximum absolute atomic E-state index is 9.64. The van der Waals surface area contributed by atoms with Gasteiger partial charge in [-0.2, -0.15) is 0 Å². The van der Waals surface area contributed by atoms with Crippen molar-refractivity contribution in [2.75, 3.05) is 20.1 Å². The van der Waals surface area contributed by atoms with Crippen molar-refractivity contribution in [1.29, 1.82) is 0 Å². The van der Waals surface area contributed by atoms with Gasteiger partial charge in [-0.3, -0.25) is 14.6 Å². The number of amidine groups is 1. The van der Waals surface area contributed by atoms with Gasteiger partial charge in [0.2, 0.25) is 0 Å². The molecule has 0 amide bonds. The Labute approximate surface area is 139 Å². The van der Waals surface area contributed by atoms with E-state index in [1.807, 2.05) is 0 Å². The molecular formula is C16H22N2O4S. The number of carbonyl (C=O) groups is 2. The summed E-state index contributed by atoms with van der Waals surface area (Å²) < 4.78 is 0. The van der Waals surface area contributed by atoms with Gasteiger partial charge in [-0.1, -0.05) is 0 Å². The van der Waals surface area contributed by atoms with Gasteiger partial charge in [0.15, 0.2) is 0 Å². The molecule has 1 aromatic heterocycles. The Kier molecular flexibility index (Phi) is 8.04. The monoisotopic (exact) mass is 338 g/mol. The second kappa shape index (κ2) is 9.78. The van der Waals surface area contributed by atoms with Crippen molar-refractivity contribution in [3.8, 4) is 0 Å². The number of carboxylic acids is 2. The number of aliphatic carboxylic acids is 2. The first-order chi connectivity index (χ1) is 10.9. The fourth-order valence-electron chi connectivity index (χ4n) is 1.84. The van der Waals surface area contributed by atoms with Gasteiger partial charge in [-0.15, -0.1) is 11.3 Å². The van der Waals surface area contributed by atoms with E-state index in [2.05, 4.69) is 47.5 Å². The van der Waals surface area contributed by atoms with Crippen LogP contribution in [-0.4, -0.2) is 53.0 Å². The Morgan fingerprint density at radius 1 is 1.30 bits per heavy atom. The summed E-state index contributed by atoms with van der Waals surface area (Å²) in [5.74, 6) is -1.05. The Morgan fingerprint density at radius 3 is 2.43 bits per heavy atom. The summed E-state index contributed by atoms with van der Waals surface area (Å²) in [4.78, 5) is 27.3. The smallest absolute Gasteiger partial charge is 0.303 e. The van der Waals surface area contributed by atoms with Crippen LogP contribution >= 0.6 is 11.3 Å². The molecule has 0 aliphatic carbocycles. The average Bonchev–Trinajstić information content (AvgIpc) is 2.90. The van der Waals surface area contributed by atoms with Crippen LogP contribution in [0, 0.1) is 6.92 Å². The molecule has 1 aliphatic heterocycles. The fraction of sp³-hybridized carbons (Fsp3) is 0.438. The molecule has 7 heteroatoms. The van der Waals surface area contributed by atoms with E-state index in [9.17, 15) is 9.59 Å². The summed E-state index contributed by atoms with van der Waals surface area (Å²) in [7, 11) is 2.10. The normalized spacial score (nSPS) is 14.2. The fourth-order valence-corrected chi connectivity index (χ4v) is 2.66. The lowest BCUT2D eigenvalue weighted by atomic mass is 10.2. The molecule has 23 heavy (non-hydrogen) atoms. The zero-order chi connectivity index (χ0) is 17.2. The number of hydrogen-bond acceptors (Lipinski definition) is 5. The molecule has 0 atom stereocenters. The molecule has 0 saturated heterocycles. The Bertz CT molecular complexity index is 579. The molecule has 1 aromatic rings. The topological polar surface area (TPSA) is 90.2 Å². The summed E-state index contributed by atoms with van der Waals surface area (Å²) in [6, 6.07) is 2.15. The summed E-state index contributed by atoms with van der Waals surface area (Å²) in [5.41, 5.74) is 1.34. The van der Waals surface area contributed by atoms with Crippen LogP contribution in [0.5, 0.6) is 0 Å². The lowest BCUT2D eigenvalue weighted by Crippen LogP contribution is -2.30. The summed E-state index contributed by atoms with van der Waals surface area (Å²) in [6.07, 6.45) is 4.87. The molecule has 6 nitrogen and oxygen atoms in total. The first-order valence-corrected chi connectivity index (χ1v) is 8.19. The number of aliphatic imine (C=N–C) groups is 1. The van der Waals surface area contributed by atoms with Crippen LogP contribution in [0.1, 0.15) is 29.7 Å². The minimum Gasteiger partial charge on any atom is -0.481 e. The van der Waals surface area contributed by atoms with Gasteiger partial charge in [-0.05, 0) is 42.5 Å². The van der Waals surface area contributed by atoms with Crippen LogP contribution in [0.15, 0.2) is 22.5 Å². The van der Waals surface area contributed by atoms with E-state index in [0.29, 0.717) is 0 Å². The molecule has 1 aliphatic rings. The lowest BCUT2D eigenvalue weighted by molar-refractivity contribution is -0.143. The minimum absolute atomic E-state index is 0.296. The predicted molar refractivity (Wildman–Crippen MR) is 92.1 cm³/mol. The van der Waals surface area contributed by atoms with Crippen molar-refractivity contribution < 1.29 is 19.8 Å². The molecule has 0 bridgehead atoms. The van der Waals surface area contributed by atoms with Crippen molar-refractivity contribution in [1.82, 2.24) is 4.90 Å². The number of likely N-dealkylation sites (N-methyl/N-ethyl adjacent to an activating group) is 1. The Balaban J connectivity index is 0.000000284. The van der Waals surface area contributed by atoms with Gasteiger partial charge in [-0.25, -0.2) is 0 Å². The summed E-state index contributed by atoms with van der Waals surface area (Å²) in [5, 5.41) is 17.9. The van der Waals surface area contributed by atoms with Crippen molar-refractivity contribution in [2.45, 2.75) is 26.2 Å². The number of aryl methyl sites for hydroxylation is 1. The molecule has 0 saturated carbocycles. The molecule has 0 spiro atoms. The van der Waals surface area contributed by atoms with Gasteiger partial charge in [0, 0.05) is 25.0 Å². The van der Waals surface area contributed by atoms with Crippen molar-refractivity contribution in [3.05, 3.63) is 28.0 Å². The van der Waals surface area contributed by atoms with Crippen LogP contribution < -0.4 is 0 Å². The molecule has 0 unspecified atom stereocenters. The van der Waals surface area contributed by atoms with Gasteiger partial charge < -0.3 is 15.1 Å². The summed E-state index contributed by atoms with van der Waals surface area (Å²) >= 11 is 1.78. The third kappa shape index (κ3) is 7.60. The predicted octanol–water partition coefficient (Wildman–Crippen LogP) is 2.74. The van der Waals surface area contributed by atoms with Crippen LogP contribution in [0.3, 0.4) is 0 Å². The van der Waals surface area contributed by atoms with Crippen LogP contribution in [0.25, 0.3) is 6.08 Å². The third-order valence-corrected chi connectivity index (χ3v) is 4.14. The molecule has 2 N–H and O–H groups in total. The molecule has 0 fully saturated rings. The largest absolute Gasteiger partial charge is 0.481 e. The van der Waals surface area contributed by atoms with E-state index in [1.165, 1.54) is 16.9 Å². The molecule has 2 rings (SSSR count). The highest BCUT2D eigenvalue weighted by molar-refractivity contribution is 7.11. The van der Waals surface area contributed by atoms with Gasteiger partial charge in [0.25, 0.3) is 0 Å². The lowest BCUT2D eigenvalue weighted by Gasteiger charge is -2.22. The standard InChI is InChI=1S/C12H16N2S.C4H6O4/c1-10-6-9-15-11(10)4-5-12-13-7-3-8-14(12)2;5-3(6)1-2-4(7)8/h4-6,9H,3,7-8H2,1-2H3;1-2H2,(H,5,6)(H,7,8). The first-order valence-electron chi connectivity index (χ1n) is 7.31. The zero-order valence-corrected chi connectivity index (χ0v) is 14.2. The van der Waals surface area contributed by atoms with Crippen molar-refractivity contribution in [3.63, 3.8) is 0 Å². The second-order valence-corrected chi connectivity index (χ2v) is 6.05. The van der Waals surface area contributed by atoms with Crippen LogP contribution in [0.4, 0.5) is 0 Å². The van der Waals surface area contributed by atoms with Gasteiger partial charge in [0.1, 0.15) is 5.84 Å². The van der Waals surface area contributed by atoms with Crippen molar-refractivity contribution >= 4 is 35.2 Å². The number of nitrogens with zero attached hydrogens (tertiary/aromatic N) is 2. The van der Waals surface area contributed by atoms with Crippen LogP contribution in [0.2, 0.25) is 0 Å². The third-order valence-electron chi connectivity index (χ3n) is 3.15. The highest BCUT2D eigenvalue weighted by Crippen LogP contribution is 2.17. The highest BCUT2D eigenvalue weighted by Gasteiger charge is 2.07. The van der Waals surface area contributed by atoms with Crippen molar-refractivity contribution in [2.24, 2.45) is 4.99 Å².